The number of halogens is 1. The van der Waals surface area contributed by atoms with Gasteiger partial charge in [0, 0.05) is 62.5 Å². The number of nitrogens with zero attached hydrogens (tertiary/aromatic N) is 2. The van der Waals surface area contributed by atoms with Crippen molar-refractivity contribution in [1.29, 1.82) is 5.41 Å². The molecular weight excluding hydrogens is 493 g/mol. The van der Waals surface area contributed by atoms with Gasteiger partial charge < -0.3 is 30.6 Å². The molecule has 0 saturated carbocycles. The Labute approximate surface area is 220 Å². The normalized spacial score (nSPS) is 13.2. The standard InChI is InChI=1S/C27H32FN5O5/c28-24-6-5-20(16-25(29)22-4-2-1-3-21(22)18-34)15-23(24)27(37)33-11-9-32(10-12-33)26(36)17-30-7-13-38-14-8-31-19-35/h1-6,15,18-19,29-30H,7-14,16-17H2,(H,31,35). The third-order valence-corrected chi connectivity index (χ3v) is 6.15. The van der Waals surface area contributed by atoms with Crippen LogP contribution in [0.1, 0.15) is 31.8 Å². The molecule has 1 fully saturated rings. The van der Waals surface area contributed by atoms with Crippen LogP contribution in [-0.4, -0.2) is 99.0 Å². The molecule has 0 radical (unpaired) electrons. The largest absolute Gasteiger partial charge is 0.378 e. The van der Waals surface area contributed by atoms with Gasteiger partial charge in [0.25, 0.3) is 5.91 Å². The van der Waals surface area contributed by atoms with Gasteiger partial charge in [0.05, 0.1) is 25.3 Å². The van der Waals surface area contributed by atoms with Crippen LogP contribution in [0.25, 0.3) is 0 Å². The van der Waals surface area contributed by atoms with Gasteiger partial charge in [-0.2, -0.15) is 0 Å². The number of ether oxygens (including phenoxy) is 1. The minimum atomic E-state index is -0.648. The fraction of sp³-hybridized carbons (Fsp3) is 0.370. The first-order chi connectivity index (χ1) is 18.4. The molecule has 0 aliphatic carbocycles. The number of carbonyl (C=O) groups excluding carboxylic acids is 4. The molecule has 0 bridgehead atoms. The van der Waals surface area contributed by atoms with Gasteiger partial charge in [-0.3, -0.25) is 19.2 Å². The molecule has 1 saturated heterocycles. The van der Waals surface area contributed by atoms with Crippen LogP contribution in [0.15, 0.2) is 42.5 Å². The number of aldehydes is 1. The molecule has 3 N–H and O–H groups in total. The molecule has 0 aromatic heterocycles. The van der Waals surface area contributed by atoms with Gasteiger partial charge in [-0.15, -0.1) is 0 Å². The molecule has 202 valence electrons. The number of carbonyl (C=O) groups is 4. The second kappa shape index (κ2) is 14.7. The zero-order valence-electron chi connectivity index (χ0n) is 21.1. The molecule has 3 rings (SSSR count). The molecular formula is C27H32FN5O5. The van der Waals surface area contributed by atoms with Crippen molar-refractivity contribution in [1.82, 2.24) is 20.4 Å². The predicted molar refractivity (Wildman–Crippen MR) is 139 cm³/mol. The summed E-state index contributed by atoms with van der Waals surface area (Å²) in [5, 5.41) is 13.9. The number of rotatable bonds is 14. The first-order valence-corrected chi connectivity index (χ1v) is 12.4. The lowest BCUT2D eigenvalue weighted by molar-refractivity contribution is -0.131. The van der Waals surface area contributed by atoms with Crippen LogP contribution < -0.4 is 10.6 Å². The molecule has 10 nitrogen and oxygen atoms in total. The molecule has 0 spiro atoms. The fourth-order valence-electron chi connectivity index (χ4n) is 4.09. The molecule has 11 heteroatoms. The van der Waals surface area contributed by atoms with Crippen LogP contribution in [0.3, 0.4) is 0 Å². The zero-order chi connectivity index (χ0) is 27.3. The monoisotopic (exact) mass is 525 g/mol. The Balaban J connectivity index is 1.49. The highest BCUT2D eigenvalue weighted by atomic mass is 19.1. The van der Waals surface area contributed by atoms with Gasteiger partial charge >= 0.3 is 0 Å². The van der Waals surface area contributed by atoms with Gasteiger partial charge in [0.15, 0.2) is 6.29 Å². The average Bonchev–Trinajstić information content (AvgIpc) is 2.95. The summed E-state index contributed by atoms with van der Waals surface area (Å²) in [6.45, 7) is 3.10. The highest BCUT2D eigenvalue weighted by Crippen LogP contribution is 2.18. The Kier molecular flexibility index (Phi) is 11.1. The Bertz CT molecular complexity index is 1150. The summed E-state index contributed by atoms with van der Waals surface area (Å²) in [7, 11) is 0. The fourth-order valence-corrected chi connectivity index (χ4v) is 4.09. The topological polar surface area (TPSA) is 132 Å². The number of nitrogens with one attached hydrogen (secondary N) is 3. The molecule has 2 aromatic carbocycles. The third-order valence-electron chi connectivity index (χ3n) is 6.15. The summed E-state index contributed by atoms with van der Waals surface area (Å²) in [5.74, 6) is -1.21. The summed E-state index contributed by atoms with van der Waals surface area (Å²) in [4.78, 5) is 50.1. The zero-order valence-corrected chi connectivity index (χ0v) is 21.1. The number of piperazine rings is 1. The first kappa shape index (κ1) is 28.6. The number of amides is 3. The molecule has 3 amide bonds. The van der Waals surface area contributed by atoms with Crippen LogP contribution in [0, 0.1) is 11.2 Å². The molecule has 1 heterocycles. The van der Waals surface area contributed by atoms with Crippen molar-refractivity contribution < 1.29 is 28.3 Å². The molecule has 0 atom stereocenters. The Morgan fingerprint density at radius 2 is 1.68 bits per heavy atom. The summed E-state index contributed by atoms with van der Waals surface area (Å²) in [6, 6.07) is 11.0. The first-order valence-electron chi connectivity index (χ1n) is 12.4. The van der Waals surface area contributed by atoms with E-state index in [9.17, 15) is 23.6 Å². The van der Waals surface area contributed by atoms with Gasteiger partial charge in [-0.05, 0) is 17.7 Å². The maximum atomic E-state index is 14.6. The SMILES string of the molecule is N=C(Cc1ccc(F)c(C(=O)N2CCN(C(=O)CNCCOCCNC=O)CC2)c1)c1ccccc1C=O. The van der Waals surface area contributed by atoms with Gasteiger partial charge in [-0.25, -0.2) is 4.39 Å². The van der Waals surface area contributed by atoms with Crippen molar-refractivity contribution in [3.05, 3.63) is 70.5 Å². The van der Waals surface area contributed by atoms with Crippen LogP contribution in [0.2, 0.25) is 0 Å². The predicted octanol–water partition coefficient (Wildman–Crippen LogP) is 0.885. The Morgan fingerprint density at radius 1 is 0.974 bits per heavy atom. The number of hydrogen-bond acceptors (Lipinski definition) is 7. The highest BCUT2D eigenvalue weighted by Gasteiger charge is 2.26. The van der Waals surface area contributed by atoms with Crippen LogP contribution in [0.5, 0.6) is 0 Å². The number of benzene rings is 2. The van der Waals surface area contributed by atoms with Crippen molar-refractivity contribution in [2.24, 2.45) is 0 Å². The van der Waals surface area contributed by atoms with Crippen molar-refractivity contribution in [2.45, 2.75) is 6.42 Å². The Morgan fingerprint density at radius 3 is 2.42 bits per heavy atom. The van der Waals surface area contributed by atoms with Gasteiger partial charge in [-0.1, -0.05) is 30.3 Å². The van der Waals surface area contributed by atoms with Gasteiger partial charge in [0.1, 0.15) is 5.82 Å². The van der Waals surface area contributed by atoms with E-state index >= 15 is 0 Å². The number of hydrogen-bond donors (Lipinski definition) is 3. The van der Waals surface area contributed by atoms with Crippen molar-refractivity contribution in [3.63, 3.8) is 0 Å². The second-order valence-electron chi connectivity index (χ2n) is 8.71. The summed E-state index contributed by atoms with van der Waals surface area (Å²) < 4.78 is 19.9. The third kappa shape index (κ3) is 8.02. The Hall–Kier alpha value is -3.96. The van der Waals surface area contributed by atoms with Crippen molar-refractivity contribution in [2.75, 3.05) is 59.0 Å². The lowest BCUT2D eigenvalue weighted by Crippen LogP contribution is -2.52. The summed E-state index contributed by atoms with van der Waals surface area (Å²) in [6.07, 6.45) is 1.44. The van der Waals surface area contributed by atoms with Crippen LogP contribution in [-0.2, 0) is 20.7 Å². The maximum absolute atomic E-state index is 14.6. The minimum Gasteiger partial charge on any atom is -0.378 e. The minimum absolute atomic E-state index is 0.0799. The van der Waals surface area contributed by atoms with E-state index in [0.717, 1.165) is 0 Å². The molecule has 38 heavy (non-hydrogen) atoms. The maximum Gasteiger partial charge on any atom is 0.256 e. The second-order valence-corrected chi connectivity index (χ2v) is 8.71. The van der Waals surface area contributed by atoms with Crippen molar-refractivity contribution >= 4 is 30.2 Å². The van der Waals surface area contributed by atoms with E-state index < -0.39 is 11.7 Å². The average molecular weight is 526 g/mol. The molecule has 1 aliphatic heterocycles. The molecule has 2 aromatic rings. The quantitative estimate of drug-likeness (QED) is 0.191. The smallest absolute Gasteiger partial charge is 0.256 e. The highest BCUT2D eigenvalue weighted by molar-refractivity contribution is 6.05. The van der Waals surface area contributed by atoms with Crippen molar-refractivity contribution in [3.8, 4) is 0 Å². The van der Waals surface area contributed by atoms with E-state index in [2.05, 4.69) is 10.6 Å². The lowest BCUT2D eigenvalue weighted by Gasteiger charge is -2.35. The lowest BCUT2D eigenvalue weighted by atomic mass is 9.97. The van der Waals surface area contributed by atoms with E-state index in [1.54, 1.807) is 29.2 Å². The van der Waals surface area contributed by atoms with E-state index in [-0.39, 0.29) is 43.2 Å². The van der Waals surface area contributed by atoms with Gasteiger partial charge in [0.2, 0.25) is 12.3 Å². The summed E-state index contributed by atoms with van der Waals surface area (Å²) >= 11 is 0. The molecule has 0 unspecified atom stereocenters. The van der Waals surface area contributed by atoms with Crippen LogP contribution >= 0.6 is 0 Å². The van der Waals surface area contributed by atoms with E-state index in [0.29, 0.717) is 68.8 Å². The van der Waals surface area contributed by atoms with E-state index in [1.807, 2.05) is 0 Å². The van der Waals surface area contributed by atoms with Crippen LogP contribution in [0.4, 0.5) is 4.39 Å². The summed E-state index contributed by atoms with van der Waals surface area (Å²) in [5.41, 5.74) is 1.60. The van der Waals surface area contributed by atoms with E-state index in [1.165, 1.54) is 23.1 Å². The van der Waals surface area contributed by atoms with E-state index in [4.69, 9.17) is 10.1 Å². The molecule has 1 aliphatic rings.